The van der Waals surface area contributed by atoms with Gasteiger partial charge in [0.05, 0.1) is 11.5 Å². The molecule has 0 fully saturated rings. The molecule has 1 unspecified atom stereocenters. The molecule has 4 nitrogen and oxygen atoms in total. The second-order valence-electron chi connectivity index (χ2n) is 6.06. The lowest BCUT2D eigenvalue weighted by Crippen LogP contribution is -2.41. The highest BCUT2D eigenvalue weighted by atomic mass is 35.5. The average molecular weight is 320 g/mol. The summed E-state index contributed by atoms with van der Waals surface area (Å²) in [5.41, 5.74) is 0.839. The van der Waals surface area contributed by atoms with Crippen molar-refractivity contribution in [1.29, 1.82) is 0 Å². The van der Waals surface area contributed by atoms with Gasteiger partial charge in [0.15, 0.2) is 0 Å². The topological polar surface area (TPSA) is 66.4 Å². The number of aliphatic hydroxyl groups excluding tert-OH is 1. The molecule has 0 saturated carbocycles. The highest BCUT2D eigenvalue weighted by Crippen LogP contribution is 2.26. The number of halogens is 1. The first-order chi connectivity index (χ1) is 8.99. The highest BCUT2D eigenvalue weighted by Gasteiger charge is 2.27. The molecule has 0 aliphatic carbocycles. The van der Waals surface area contributed by atoms with Gasteiger partial charge in [-0.15, -0.1) is 0 Å². The van der Waals surface area contributed by atoms with E-state index in [1.165, 1.54) is 6.07 Å². The van der Waals surface area contributed by atoms with Gasteiger partial charge >= 0.3 is 0 Å². The van der Waals surface area contributed by atoms with Crippen LogP contribution >= 0.6 is 11.6 Å². The van der Waals surface area contributed by atoms with Crippen LogP contribution in [0.4, 0.5) is 0 Å². The van der Waals surface area contributed by atoms with E-state index in [1.54, 1.807) is 13.0 Å². The van der Waals surface area contributed by atoms with Crippen LogP contribution in [0.2, 0.25) is 5.02 Å². The van der Waals surface area contributed by atoms with Crippen molar-refractivity contribution in [3.8, 4) is 0 Å². The van der Waals surface area contributed by atoms with Crippen molar-refractivity contribution in [3.05, 3.63) is 28.3 Å². The van der Waals surface area contributed by atoms with Crippen molar-refractivity contribution in [2.24, 2.45) is 5.41 Å². The molecule has 1 atom stereocenters. The number of rotatable bonds is 4. The van der Waals surface area contributed by atoms with Crippen LogP contribution < -0.4 is 4.72 Å². The van der Waals surface area contributed by atoms with E-state index in [-0.39, 0.29) is 23.0 Å². The molecule has 0 heterocycles. The van der Waals surface area contributed by atoms with Gasteiger partial charge in [-0.3, -0.25) is 0 Å². The standard InChI is InChI=1S/C14H22ClNO3S/c1-9-11(8-17)6-12(15)7-13(9)20(18,19)16-10(2)14(3,4)5/h6-7,10,16-17H,8H2,1-5H3. The predicted octanol–water partition coefficient (Wildman–Crippen LogP) is 2.85. The Balaban J connectivity index is 3.26. The Morgan fingerprint density at radius 1 is 1.35 bits per heavy atom. The maximum Gasteiger partial charge on any atom is 0.241 e. The molecule has 0 spiro atoms. The number of sulfonamides is 1. The van der Waals surface area contributed by atoms with Gasteiger partial charge in [-0.05, 0) is 42.5 Å². The summed E-state index contributed by atoms with van der Waals surface area (Å²) in [6.07, 6.45) is 0. The monoisotopic (exact) mass is 319 g/mol. The van der Waals surface area contributed by atoms with Crippen molar-refractivity contribution < 1.29 is 13.5 Å². The minimum absolute atomic E-state index is 0.116. The first kappa shape index (κ1) is 17.4. The van der Waals surface area contributed by atoms with Crippen molar-refractivity contribution in [3.63, 3.8) is 0 Å². The first-order valence-electron chi connectivity index (χ1n) is 6.41. The minimum atomic E-state index is -3.67. The molecular weight excluding hydrogens is 298 g/mol. The van der Waals surface area contributed by atoms with Crippen LogP contribution in [0.25, 0.3) is 0 Å². The maximum atomic E-state index is 12.5. The van der Waals surface area contributed by atoms with Crippen molar-refractivity contribution in [2.75, 3.05) is 0 Å². The molecule has 20 heavy (non-hydrogen) atoms. The van der Waals surface area contributed by atoms with Crippen LogP contribution in [-0.2, 0) is 16.6 Å². The van der Waals surface area contributed by atoms with Crippen LogP contribution in [0.1, 0.15) is 38.8 Å². The second-order valence-corrected chi connectivity index (χ2v) is 8.17. The Labute approximate surface area is 126 Å². The number of hydrogen-bond donors (Lipinski definition) is 2. The summed E-state index contributed by atoms with van der Waals surface area (Å²) in [5.74, 6) is 0. The molecule has 0 amide bonds. The Morgan fingerprint density at radius 3 is 2.35 bits per heavy atom. The summed E-state index contributed by atoms with van der Waals surface area (Å²) in [6.45, 7) is 9.13. The summed E-state index contributed by atoms with van der Waals surface area (Å²) in [6, 6.07) is 2.75. The number of hydrogen-bond acceptors (Lipinski definition) is 3. The molecule has 0 aliphatic rings. The summed E-state index contributed by atoms with van der Waals surface area (Å²) in [7, 11) is -3.67. The number of nitrogens with one attached hydrogen (secondary N) is 1. The first-order valence-corrected chi connectivity index (χ1v) is 8.27. The van der Waals surface area contributed by atoms with Crippen molar-refractivity contribution >= 4 is 21.6 Å². The lowest BCUT2D eigenvalue weighted by atomic mass is 9.89. The minimum Gasteiger partial charge on any atom is -0.392 e. The Hall–Kier alpha value is -0.620. The molecule has 2 N–H and O–H groups in total. The molecular formula is C14H22ClNO3S. The Bertz CT molecular complexity index is 591. The molecule has 0 bridgehead atoms. The maximum absolute atomic E-state index is 12.5. The van der Waals surface area contributed by atoms with Gasteiger partial charge in [0.25, 0.3) is 0 Å². The van der Waals surface area contributed by atoms with Gasteiger partial charge in [-0.25, -0.2) is 13.1 Å². The van der Waals surface area contributed by atoms with Crippen molar-refractivity contribution in [1.82, 2.24) is 4.72 Å². The molecule has 0 aliphatic heterocycles. The van der Waals surface area contributed by atoms with Gasteiger partial charge in [0.2, 0.25) is 10.0 Å². The Kier molecular flexibility index (Phi) is 5.24. The van der Waals surface area contributed by atoms with Crippen LogP contribution in [-0.4, -0.2) is 19.6 Å². The third-order valence-corrected chi connectivity index (χ3v) is 5.41. The molecule has 114 valence electrons. The van der Waals surface area contributed by atoms with E-state index in [0.717, 1.165) is 0 Å². The molecule has 1 aromatic carbocycles. The van der Waals surface area contributed by atoms with E-state index in [0.29, 0.717) is 16.1 Å². The Morgan fingerprint density at radius 2 is 1.90 bits per heavy atom. The van der Waals surface area contributed by atoms with Crippen LogP contribution in [0.15, 0.2) is 17.0 Å². The fraction of sp³-hybridized carbons (Fsp3) is 0.571. The zero-order chi connectivity index (χ0) is 15.7. The zero-order valence-electron chi connectivity index (χ0n) is 12.5. The summed E-state index contributed by atoms with van der Waals surface area (Å²) < 4.78 is 27.6. The second kappa shape index (κ2) is 6.02. The molecule has 0 saturated heterocycles. The molecule has 0 radical (unpaired) electrons. The molecule has 1 aromatic rings. The highest BCUT2D eigenvalue weighted by molar-refractivity contribution is 7.89. The van der Waals surface area contributed by atoms with Gasteiger partial charge in [0, 0.05) is 11.1 Å². The van der Waals surface area contributed by atoms with Gasteiger partial charge in [-0.1, -0.05) is 32.4 Å². The number of benzene rings is 1. The average Bonchev–Trinajstić information content (AvgIpc) is 2.29. The molecule has 0 aromatic heterocycles. The summed E-state index contributed by atoms with van der Waals surface area (Å²) >= 11 is 5.93. The quantitative estimate of drug-likeness (QED) is 0.896. The fourth-order valence-electron chi connectivity index (χ4n) is 1.62. The van der Waals surface area contributed by atoms with E-state index in [2.05, 4.69) is 4.72 Å². The molecule has 6 heteroatoms. The van der Waals surface area contributed by atoms with Crippen LogP contribution in [0.5, 0.6) is 0 Å². The third-order valence-electron chi connectivity index (χ3n) is 3.52. The smallest absolute Gasteiger partial charge is 0.241 e. The number of aliphatic hydroxyl groups is 1. The van der Waals surface area contributed by atoms with E-state index in [1.807, 2.05) is 27.7 Å². The van der Waals surface area contributed by atoms with E-state index < -0.39 is 10.0 Å². The van der Waals surface area contributed by atoms with Gasteiger partial charge in [-0.2, -0.15) is 0 Å². The zero-order valence-corrected chi connectivity index (χ0v) is 14.1. The summed E-state index contributed by atoms with van der Waals surface area (Å²) in [4.78, 5) is 0.116. The SMILES string of the molecule is Cc1c(CO)cc(Cl)cc1S(=O)(=O)NC(C)C(C)(C)C. The normalized spacial score (nSPS) is 14.3. The van der Waals surface area contributed by atoms with Crippen molar-refractivity contribution in [2.45, 2.75) is 52.2 Å². The van der Waals surface area contributed by atoms with E-state index in [9.17, 15) is 13.5 Å². The predicted molar refractivity (Wildman–Crippen MR) is 81.4 cm³/mol. The molecule has 1 rings (SSSR count). The van der Waals surface area contributed by atoms with E-state index in [4.69, 9.17) is 11.6 Å². The third kappa shape index (κ3) is 3.95. The van der Waals surface area contributed by atoms with E-state index >= 15 is 0 Å². The lowest BCUT2D eigenvalue weighted by Gasteiger charge is -2.28. The lowest BCUT2D eigenvalue weighted by molar-refractivity contribution is 0.280. The van der Waals surface area contributed by atoms with Crippen LogP contribution in [0, 0.1) is 12.3 Å². The fourth-order valence-corrected chi connectivity index (χ4v) is 3.69. The van der Waals surface area contributed by atoms with Crippen LogP contribution in [0.3, 0.4) is 0 Å². The summed E-state index contributed by atoms with van der Waals surface area (Å²) in [5, 5.41) is 9.57. The van der Waals surface area contributed by atoms with Gasteiger partial charge < -0.3 is 5.11 Å². The largest absolute Gasteiger partial charge is 0.392 e. The van der Waals surface area contributed by atoms with Gasteiger partial charge in [0.1, 0.15) is 0 Å².